The average Bonchev–Trinajstić information content (AvgIpc) is 2.54. The van der Waals surface area contributed by atoms with Crippen LogP contribution in [0.25, 0.3) is 0 Å². The Morgan fingerprint density at radius 1 is 1.04 bits per heavy atom. The summed E-state index contributed by atoms with van der Waals surface area (Å²) in [5, 5.41) is 26.5. The number of thioether (sulfide) groups is 2. The molecule has 0 bridgehead atoms. The lowest BCUT2D eigenvalue weighted by molar-refractivity contribution is 0.131. The molecule has 0 rings (SSSR count). The first-order valence-corrected chi connectivity index (χ1v) is 10.1. The van der Waals surface area contributed by atoms with Gasteiger partial charge in [-0.2, -0.15) is 17.0 Å². The molecule has 3 nitrogen and oxygen atoms in total. The largest absolute Gasteiger partial charge is 0.387 e. The number of nitrogens with zero attached hydrogens (tertiary/aromatic N) is 1. The minimum absolute atomic E-state index is 0.315. The van der Waals surface area contributed by atoms with Gasteiger partial charge in [0.05, 0.1) is 17.6 Å². The van der Waals surface area contributed by atoms with Gasteiger partial charge >= 0.3 is 0 Å². The number of aliphatic hydroxyl groups excluding tert-OH is 2. The zero-order valence-corrected chi connectivity index (χ0v) is 17.1. The first-order chi connectivity index (χ1) is 10.8. The normalized spacial score (nSPS) is 13.9. The fourth-order valence-corrected chi connectivity index (χ4v) is 1.62. The van der Waals surface area contributed by atoms with Crippen LogP contribution in [0.5, 0.6) is 0 Å². The lowest BCUT2D eigenvalue weighted by Gasteiger charge is -2.18. The molecule has 23 heavy (non-hydrogen) atoms. The Morgan fingerprint density at radius 2 is 1.57 bits per heavy atom. The molecular formula is C18H33NO2S2. The Bertz CT molecular complexity index is 372. The minimum atomic E-state index is -0.674. The topological polar surface area (TPSA) is 64.2 Å². The van der Waals surface area contributed by atoms with E-state index in [1.54, 1.807) is 32.1 Å². The van der Waals surface area contributed by atoms with Crippen LogP contribution < -0.4 is 0 Å². The van der Waals surface area contributed by atoms with Crippen molar-refractivity contribution in [2.45, 2.75) is 46.2 Å². The van der Waals surface area contributed by atoms with Gasteiger partial charge in [0.1, 0.15) is 5.44 Å². The molecule has 0 aliphatic rings. The third kappa shape index (κ3) is 21.3. The quantitative estimate of drug-likeness (QED) is 0.534. The van der Waals surface area contributed by atoms with E-state index in [1.807, 2.05) is 50.9 Å². The highest BCUT2D eigenvalue weighted by atomic mass is 32.2. The maximum Gasteiger partial charge on any atom is 0.118 e. The summed E-state index contributed by atoms with van der Waals surface area (Å²) >= 11 is 3.26. The smallest absolute Gasteiger partial charge is 0.118 e. The Kier molecular flexibility index (Phi) is 22.9. The first kappa shape index (κ1) is 27.2. The molecule has 5 heteroatoms. The Morgan fingerprint density at radius 3 is 1.78 bits per heavy atom. The molecule has 0 spiro atoms. The minimum Gasteiger partial charge on any atom is -0.387 e. The van der Waals surface area contributed by atoms with Gasteiger partial charge < -0.3 is 10.2 Å². The lowest BCUT2D eigenvalue weighted by atomic mass is 9.88. The second-order valence-corrected chi connectivity index (χ2v) is 6.85. The summed E-state index contributed by atoms with van der Waals surface area (Å²) in [5.41, 5.74) is -0.989. The average molecular weight is 360 g/mol. The molecule has 0 amide bonds. The van der Waals surface area contributed by atoms with Crippen LogP contribution >= 0.6 is 23.5 Å². The molecule has 134 valence electrons. The van der Waals surface area contributed by atoms with Gasteiger partial charge in [-0.15, -0.1) is 11.8 Å². The number of nitriles is 1. The molecule has 0 aliphatic carbocycles. The van der Waals surface area contributed by atoms with Crippen LogP contribution in [0.15, 0.2) is 36.5 Å². The summed E-state index contributed by atoms with van der Waals surface area (Å²) in [5.74, 6) is 1.15. The van der Waals surface area contributed by atoms with Gasteiger partial charge in [-0.05, 0) is 47.1 Å². The van der Waals surface area contributed by atoms with Crippen molar-refractivity contribution in [3.63, 3.8) is 0 Å². The monoisotopic (exact) mass is 359 g/mol. The van der Waals surface area contributed by atoms with E-state index in [0.29, 0.717) is 0 Å². The van der Waals surface area contributed by atoms with Crippen molar-refractivity contribution in [1.82, 2.24) is 0 Å². The predicted octanol–water partition coefficient (Wildman–Crippen LogP) is 4.64. The van der Waals surface area contributed by atoms with E-state index in [1.165, 1.54) is 11.8 Å². The molecule has 2 atom stereocenters. The lowest BCUT2D eigenvalue weighted by Crippen LogP contribution is -2.25. The Balaban J connectivity index is -0.000000272. The van der Waals surface area contributed by atoms with Crippen molar-refractivity contribution in [3.8, 4) is 6.07 Å². The summed E-state index contributed by atoms with van der Waals surface area (Å²) in [4.78, 5) is 0. The zero-order chi connectivity index (χ0) is 18.7. The van der Waals surface area contributed by atoms with Crippen molar-refractivity contribution >= 4 is 23.5 Å². The molecule has 2 N–H and O–H groups in total. The van der Waals surface area contributed by atoms with Crippen molar-refractivity contribution in [2.24, 2.45) is 5.41 Å². The molecule has 0 saturated carbocycles. The van der Waals surface area contributed by atoms with Gasteiger partial charge in [0.25, 0.3) is 0 Å². The number of allylic oxidation sites excluding steroid dienone is 3. The number of hydrogen-bond donors (Lipinski definition) is 2. The van der Waals surface area contributed by atoms with E-state index < -0.39 is 11.5 Å². The number of rotatable bonds is 6. The van der Waals surface area contributed by atoms with Crippen molar-refractivity contribution in [2.75, 3.05) is 18.3 Å². The highest BCUT2D eigenvalue weighted by Crippen LogP contribution is 2.19. The van der Waals surface area contributed by atoms with Crippen LogP contribution in [-0.4, -0.2) is 40.0 Å². The van der Waals surface area contributed by atoms with E-state index in [9.17, 15) is 5.11 Å². The molecule has 0 aromatic rings. The Hall–Kier alpha value is -0.670. The van der Waals surface area contributed by atoms with Crippen LogP contribution in [0.1, 0.15) is 34.6 Å². The fraction of sp³-hybridized carbons (Fsp3) is 0.611. The zero-order valence-electron chi connectivity index (χ0n) is 15.5. The van der Waals surface area contributed by atoms with Crippen molar-refractivity contribution in [1.29, 1.82) is 5.26 Å². The van der Waals surface area contributed by atoms with Crippen LogP contribution in [0.3, 0.4) is 0 Å². The number of aliphatic hydroxyl groups is 2. The molecule has 0 radical (unpaired) electrons. The van der Waals surface area contributed by atoms with Gasteiger partial charge in [-0.1, -0.05) is 36.5 Å². The third-order valence-corrected chi connectivity index (χ3v) is 3.67. The second-order valence-electron chi connectivity index (χ2n) is 4.98. The van der Waals surface area contributed by atoms with Gasteiger partial charge in [0, 0.05) is 5.75 Å². The summed E-state index contributed by atoms with van der Waals surface area (Å²) in [6.07, 6.45) is 14.4. The standard InChI is InChI=1S/C8H13NO.C5H10OS.C5H10S/c1-4-5-7(10)8(2,3)6-9;1-3-4-5(6)7-2;1-3-4-5-6-2/h4-5,7,10H,1-3H3;3-6H,1-2H3;3-4H,5H2,1-2H3/b5-4+;2*4-3+. The maximum atomic E-state index is 9.27. The SMILES string of the molecule is C/C=C/C(O)C(C)(C)C#N.C/C=C/C(O)SC.C/C=C/CSC. The van der Waals surface area contributed by atoms with E-state index in [4.69, 9.17) is 10.4 Å². The van der Waals surface area contributed by atoms with E-state index in [2.05, 4.69) is 18.4 Å². The van der Waals surface area contributed by atoms with Gasteiger partial charge in [-0.25, -0.2) is 0 Å². The molecular weight excluding hydrogens is 326 g/mol. The maximum absolute atomic E-state index is 9.27. The molecule has 0 aromatic carbocycles. The van der Waals surface area contributed by atoms with E-state index >= 15 is 0 Å². The van der Waals surface area contributed by atoms with Crippen molar-refractivity contribution < 1.29 is 10.2 Å². The van der Waals surface area contributed by atoms with Crippen LogP contribution in [0, 0.1) is 16.7 Å². The highest BCUT2D eigenvalue weighted by molar-refractivity contribution is 7.99. The summed E-state index contributed by atoms with van der Waals surface area (Å²) in [6.45, 7) is 9.15. The first-order valence-electron chi connectivity index (χ1n) is 7.43. The Labute approximate surface area is 151 Å². The van der Waals surface area contributed by atoms with Crippen LogP contribution in [0.4, 0.5) is 0 Å². The van der Waals surface area contributed by atoms with Crippen LogP contribution in [-0.2, 0) is 0 Å². The van der Waals surface area contributed by atoms with E-state index in [0.717, 1.165) is 5.75 Å². The summed E-state index contributed by atoms with van der Waals surface area (Å²) < 4.78 is 0. The molecule has 2 unspecified atom stereocenters. The molecule has 0 aromatic heterocycles. The fourth-order valence-electron chi connectivity index (χ4n) is 0.925. The number of hydrogen-bond acceptors (Lipinski definition) is 5. The van der Waals surface area contributed by atoms with Gasteiger partial charge in [0.2, 0.25) is 0 Å². The summed E-state index contributed by atoms with van der Waals surface area (Å²) in [6, 6.07) is 2.02. The van der Waals surface area contributed by atoms with E-state index in [-0.39, 0.29) is 5.44 Å². The van der Waals surface area contributed by atoms with Gasteiger partial charge in [0.15, 0.2) is 0 Å². The van der Waals surface area contributed by atoms with Gasteiger partial charge in [-0.3, -0.25) is 0 Å². The highest BCUT2D eigenvalue weighted by Gasteiger charge is 2.24. The summed E-state index contributed by atoms with van der Waals surface area (Å²) in [7, 11) is 0. The van der Waals surface area contributed by atoms with Crippen molar-refractivity contribution in [3.05, 3.63) is 36.5 Å². The molecule has 0 fully saturated rings. The second kappa shape index (κ2) is 19.4. The predicted molar refractivity (Wildman–Crippen MR) is 108 cm³/mol. The van der Waals surface area contributed by atoms with Crippen LogP contribution in [0.2, 0.25) is 0 Å². The molecule has 0 heterocycles. The third-order valence-electron chi connectivity index (χ3n) is 2.50. The molecule has 0 aliphatic heterocycles. The molecule has 0 saturated heterocycles.